The number of halogens is 2. The van der Waals surface area contributed by atoms with Crippen LogP contribution in [0.1, 0.15) is 35.8 Å². The molecule has 1 aromatic carbocycles. The third kappa shape index (κ3) is 4.76. The van der Waals surface area contributed by atoms with E-state index in [0.29, 0.717) is 30.4 Å². The van der Waals surface area contributed by atoms with E-state index in [0.717, 1.165) is 35.9 Å². The van der Waals surface area contributed by atoms with Crippen molar-refractivity contribution in [2.75, 3.05) is 18.4 Å². The lowest BCUT2D eigenvalue weighted by molar-refractivity contribution is 0.312. The Kier molecular flexibility index (Phi) is 6.16. The van der Waals surface area contributed by atoms with Gasteiger partial charge in [0.25, 0.3) is 0 Å². The SMILES string of the molecule is Cc1ccnc(Nc2cc([C@H]3CCCN(S(=O)(=O)c4ccc(F)c(F)c4)C3)nc(C)n2)c1. The highest BCUT2D eigenvalue weighted by molar-refractivity contribution is 7.89. The number of hydrogen-bond acceptors (Lipinski definition) is 6. The fraction of sp³-hybridized carbons (Fsp3) is 0.318. The van der Waals surface area contributed by atoms with E-state index < -0.39 is 21.7 Å². The van der Waals surface area contributed by atoms with E-state index in [-0.39, 0.29) is 17.4 Å². The highest BCUT2D eigenvalue weighted by atomic mass is 32.2. The van der Waals surface area contributed by atoms with Crippen molar-refractivity contribution in [3.8, 4) is 0 Å². The van der Waals surface area contributed by atoms with Crippen LogP contribution in [-0.2, 0) is 10.0 Å². The van der Waals surface area contributed by atoms with Gasteiger partial charge in [-0.2, -0.15) is 4.31 Å². The number of aromatic nitrogens is 3. The van der Waals surface area contributed by atoms with E-state index in [9.17, 15) is 17.2 Å². The molecule has 3 heterocycles. The molecule has 168 valence electrons. The Morgan fingerprint density at radius 3 is 2.59 bits per heavy atom. The van der Waals surface area contributed by atoms with Crippen LogP contribution in [0.2, 0.25) is 0 Å². The number of hydrogen-bond donors (Lipinski definition) is 1. The average Bonchev–Trinajstić information content (AvgIpc) is 2.75. The Bertz CT molecular complexity index is 1250. The molecule has 1 fully saturated rings. The van der Waals surface area contributed by atoms with Crippen molar-refractivity contribution in [2.45, 2.75) is 37.5 Å². The van der Waals surface area contributed by atoms with Crippen molar-refractivity contribution in [2.24, 2.45) is 0 Å². The molecule has 1 saturated heterocycles. The Hall–Kier alpha value is -2.98. The molecule has 1 atom stereocenters. The van der Waals surface area contributed by atoms with Gasteiger partial charge in [-0.15, -0.1) is 0 Å². The zero-order chi connectivity index (χ0) is 22.9. The summed E-state index contributed by atoms with van der Waals surface area (Å²) >= 11 is 0. The van der Waals surface area contributed by atoms with Crippen LogP contribution in [0, 0.1) is 25.5 Å². The van der Waals surface area contributed by atoms with Crippen LogP contribution < -0.4 is 5.32 Å². The topological polar surface area (TPSA) is 88.1 Å². The fourth-order valence-corrected chi connectivity index (χ4v) is 5.32. The maximum atomic E-state index is 13.6. The van der Waals surface area contributed by atoms with Crippen LogP contribution in [-0.4, -0.2) is 40.8 Å². The Morgan fingerprint density at radius 2 is 1.84 bits per heavy atom. The van der Waals surface area contributed by atoms with Crippen molar-refractivity contribution in [3.63, 3.8) is 0 Å². The summed E-state index contributed by atoms with van der Waals surface area (Å²) in [6.45, 7) is 4.24. The zero-order valence-corrected chi connectivity index (χ0v) is 18.5. The van der Waals surface area contributed by atoms with Crippen LogP contribution >= 0.6 is 0 Å². The Morgan fingerprint density at radius 1 is 1.03 bits per heavy atom. The molecule has 32 heavy (non-hydrogen) atoms. The first kappa shape index (κ1) is 22.2. The molecule has 0 spiro atoms. The third-order valence-corrected chi connectivity index (χ3v) is 7.22. The molecular formula is C22H23F2N5O2S. The zero-order valence-electron chi connectivity index (χ0n) is 17.7. The van der Waals surface area contributed by atoms with E-state index in [2.05, 4.69) is 20.3 Å². The van der Waals surface area contributed by atoms with E-state index in [1.807, 2.05) is 19.1 Å². The second-order valence-electron chi connectivity index (χ2n) is 7.85. The first-order chi connectivity index (χ1) is 15.2. The van der Waals surface area contributed by atoms with Gasteiger partial charge in [-0.05, 0) is 62.6 Å². The molecule has 4 rings (SSSR count). The van der Waals surface area contributed by atoms with Gasteiger partial charge in [0.15, 0.2) is 11.6 Å². The minimum atomic E-state index is -3.96. The number of benzene rings is 1. The summed E-state index contributed by atoms with van der Waals surface area (Å²) < 4.78 is 54.2. The fourth-order valence-electron chi connectivity index (χ4n) is 3.79. The van der Waals surface area contributed by atoms with Crippen LogP contribution in [0.25, 0.3) is 0 Å². The molecule has 0 saturated carbocycles. The van der Waals surface area contributed by atoms with Crippen LogP contribution in [0.3, 0.4) is 0 Å². The maximum absolute atomic E-state index is 13.6. The summed E-state index contributed by atoms with van der Waals surface area (Å²) in [6, 6.07) is 8.23. The van der Waals surface area contributed by atoms with Gasteiger partial charge in [-0.25, -0.2) is 32.2 Å². The van der Waals surface area contributed by atoms with E-state index in [1.54, 1.807) is 19.2 Å². The van der Waals surface area contributed by atoms with Gasteiger partial charge in [0.05, 0.1) is 10.6 Å². The minimum Gasteiger partial charge on any atom is -0.325 e. The molecule has 10 heteroatoms. The third-order valence-electron chi connectivity index (χ3n) is 5.36. The van der Waals surface area contributed by atoms with E-state index in [1.165, 1.54) is 4.31 Å². The number of piperidine rings is 1. The molecule has 0 unspecified atom stereocenters. The minimum absolute atomic E-state index is 0.156. The van der Waals surface area contributed by atoms with Gasteiger partial charge in [0, 0.05) is 31.3 Å². The van der Waals surface area contributed by atoms with Crippen molar-refractivity contribution in [3.05, 3.63) is 71.3 Å². The first-order valence-electron chi connectivity index (χ1n) is 10.2. The highest BCUT2D eigenvalue weighted by Crippen LogP contribution is 2.31. The number of nitrogens with zero attached hydrogens (tertiary/aromatic N) is 4. The van der Waals surface area contributed by atoms with Gasteiger partial charge in [-0.3, -0.25) is 0 Å². The lowest BCUT2D eigenvalue weighted by Crippen LogP contribution is -2.39. The monoisotopic (exact) mass is 459 g/mol. The van der Waals surface area contributed by atoms with Gasteiger partial charge in [0.2, 0.25) is 10.0 Å². The molecule has 7 nitrogen and oxygen atoms in total. The van der Waals surface area contributed by atoms with Crippen molar-refractivity contribution in [1.29, 1.82) is 0 Å². The molecule has 3 aromatic rings. The predicted octanol–water partition coefficient (Wildman–Crippen LogP) is 4.08. The van der Waals surface area contributed by atoms with Gasteiger partial charge < -0.3 is 5.32 Å². The summed E-state index contributed by atoms with van der Waals surface area (Å²) in [6.07, 6.45) is 3.08. The Balaban J connectivity index is 1.57. The van der Waals surface area contributed by atoms with Crippen molar-refractivity contribution < 1.29 is 17.2 Å². The summed E-state index contributed by atoms with van der Waals surface area (Å²) in [5.74, 6) is -0.646. The second-order valence-corrected chi connectivity index (χ2v) is 9.78. The normalized spacial score (nSPS) is 17.3. The number of anilines is 2. The quantitative estimate of drug-likeness (QED) is 0.619. The smallest absolute Gasteiger partial charge is 0.243 e. The largest absolute Gasteiger partial charge is 0.325 e. The number of pyridine rings is 1. The summed E-state index contributed by atoms with van der Waals surface area (Å²) in [4.78, 5) is 13.0. The maximum Gasteiger partial charge on any atom is 0.243 e. The predicted molar refractivity (Wildman–Crippen MR) is 116 cm³/mol. The molecule has 1 aliphatic heterocycles. The molecule has 2 aromatic heterocycles. The molecule has 0 aliphatic carbocycles. The summed E-state index contributed by atoms with van der Waals surface area (Å²) in [7, 11) is -3.96. The summed E-state index contributed by atoms with van der Waals surface area (Å²) in [5.41, 5.74) is 1.77. The number of sulfonamides is 1. The lowest BCUT2D eigenvalue weighted by atomic mass is 9.96. The average molecular weight is 460 g/mol. The number of rotatable bonds is 5. The van der Waals surface area contributed by atoms with E-state index in [4.69, 9.17) is 0 Å². The van der Waals surface area contributed by atoms with E-state index >= 15 is 0 Å². The molecule has 1 aliphatic rings. The molecule has 0 bridgehead atoms. The van der Waals surface area contributed by atoms with Gasteiger partial charge in [-0.1, -0.05) is 0 Å². The van der Waals surface area contributed by atoms with Gasteiger partial charge >= 0.3 is 0 Å². The number of nitrogens with one attached hydrogen (secondary N) is 1. The molecular weight excluding hydrogens is 436 g/mol. The highest BCUT2D eigenvalue weighted by Gasteiger charge is 2.32. The van der Waals surface area contributed by atoms with Crippen molar-refractivity contribution >= 4 is 21.7 Å². The lowest BCUT2D eigenvalue weighted by Gasteiger charge is -2.31. The van der Waals surface area contributed by atoms with Crippen molar-refractivity contribution in [1.82, 2.24) is 19.3 Å². The van der Waals surface area contributed by atoms with Crippen LogP contribution in [0.15, 0.2) is 47.5 Å². The standard InChI is InChI=1S/C22H23F2N5O2S/c1-14-7-8-25-21(10-14)28-22-12-20(26-15(2)27-22)16-4-3-9-29(13-16)32(30,31)17-5-6-18(23)19(24)11-17/h5-8,10-12,16H,3-4,9,13H2,1-2H3,(H,25,26,27,28)/t16-/m0/s1. The summed E-state index contributed by atoms with van der Waals surface area (Å²) in [5, 5.41) is 3.17. The molecule has 1 N–H and O–H groups in total. The molecule has 0 radical (unpaired) electrons. The first-order valence-corrected chi connectivity index (χ1v) is 11.7. The van der Waals surface area contributed by atoms with Crippen LogP contribution in [0.4, 0.5) is 20.4 Å². The van der Waals surface area contributed by atoms with Gasteiger partial charge in [0.1, 0.15) is 17.5 Å². The molecule has 0 amide bonds. The second kappa shape index (κ2) is 8.87. The Labute approximate surface area is 185 Å². The van der Waals surface area contributed by atoms with Crippen LogP contribution in [0.5, 0.6) is 0 Å². The number of aryl methyl sites for hydroxylation is 2.